The average molecular weight is 679 g/mol. The average Bonchev–Trinajstić information content (AvgIpc) is 3.19. The molecule has 0 radical (unpaired) electrons. The number of hydrogen-bond acceptors (Lipinski definition) is 2. The summed E-state index contributed by atoms with van der Waals surface area (Å²) in [7, 11) is 9.78. The summed E-state index contributed by atoms with van der Waals surface area (Å²) >= 11 is -0.556. The second kappa shape index (κ2) is 18.4. The van der Waals surface area contributed by atoms with Crippen molar-refractivity contribution in [3.63, 3.8) is 0 Å². The third kappa shape index (κ3) is 10.9. The molecule has 4 aromatic carbocycles. The molecule has 0 saturated heterocycles. The van der Waals surface area contributed by atoms with E-state index < -0.39 is 17.0 Å². The van der Waals surface area contributed by atoms with Crippen molar-refractivity contribution in [2.45, 2.75) is 74.1 Å². The molecule has 1 aliphatic rings. The van der Waals surface area contributed by atoms with Crippen molar-refractivity contribution in [1.29, 1.82) is 0 Å². The fraction of sp³-hybridized carbons (Fsp3) is 0.300. The number of phenolic OH excluding ortho intramolecular Hbond substituents is 2. The molecule has 2 N–H and O–H groups in total. The first-order valence-electron chi connectivity index (χ1n) is 15.3. The van der Waals surface area contributed by atoms with Gasteiger partial charge in [-0.05, 0) is 34.1 Å². The molecule has 5 heteroatoms. The van der Waals surface area contributed by atoms with Crippen LogP contribution in [0.1, 0.15) is 85.3 Å². The Morgan fingerprint density at radius 1 is 0.600 bits per heavy atom. The van der Waals surface area contributed by atoms with Crippen LogP contribution in [-0.2, 0) is 17.0 Å². The van der Waals surface area contributed by atoms with E-state index in [9.17, 15) is 10.2 Å². The van der Waals surface area contributed by atoms with Crippen molar-refractivity contribution < 1.29 is 27.2 Å². The van der Waals surface area contributed by atoms with Crippen LogP contribution in [0.15, 0.2) is 114 Å². The van der Waals surface area contributed by atoms with Crippen LogP contribution >= 0.6 is 18.6 Å². The van der Waals surface area contributed by atoms with Gasteiger partial charge in [0.15, 0.2) is 0 Å². The van der Waals surface area contributed by atoms with E-state index in [1.54, 1.807) is 0 Å². The third-order valence-electron chi connectivity index (χ3n) is 8.11. The topological polar surface area (TPSA) is 40.5 Å². The monoisotopic (exact) mass is 677 g/mol. The van der Waals surface area contributed by atoms with Crippen molar-refractivity contribution in [1.82, 2.24) is 0 Å². The van der Waals surface area contributed by atoms with Gasteiger partial charge in [-0.3, -0.25) is 6.08 Å². The van der Waals surface area contributed by atoms with Crippen molar-refractivity contribution in [2.75, 3.05) is 0 Å². The molecule has 1 aliphatic carbocycles. The van der Waals surface area contributed by atoms with E-state index in [1.807, 2.05) is 97.1 Å². The van der Waals surface area contributed by atoms with Gasteiger partial charge in [-0.1, -0.05) is 158 Å². The van der Waals surface area contributed by atoms with E-state index in [0.29, 0.717) is 23.3 Å². The Morgan fingerprint density at radius 3 is 1.20 bits per heavy atom. The van der Waals surface area contributed by atoms with Gasteiger partial charge in [0.1, 0.15) is 11.5 Å². The maximum atomic E-state index is 10.2. The van der Waals surface area contributed by atoms with Crippen LogP contribution in [0.5, 0.6) is 11.5 Å². The minimum atomic E-state index is -0.556. The Morgan fingerprint density at radius 2 is 0.956 bits per heavy atom. The van der Waals surface area contributed by atoms with Crippen LogP contribution in [0.3, 0.4) is 0 Å². The normalized spacial score (nSPS) is 13.1. The zero-order valence-electron chi connectivity index (χ0n) is 28.0. The maximum absolute atomic E-state index is 10.2. The fourth-order valence-corrected chi connectivity index (χ4v) is 5.16. The summed E-state index contributed by atoms with van der Waals surface area (Å²) in [6.07, 6.45) is 3.44. The summed E-state index contributed by atoms with van der Waals surface area (Å²) in [5, 5.41) is 20.4. The minimum absolute atomic E-state index is 0.189. The summed E-state index contributed by atoms with van der Waals surface area (Å²) < 4.78 is 0. The molecule has 0 aliphatic heterocycles. The molecule has 2 nitrogen and oxygen atoms in total. The molecule has 0 heterocycles. The van der Waals surface area contributed by atoms with Crippen LogP contribution in [0.4, 0.5) is 0 Å². The molecule has 5 rings (SSSR count). The van der Waals surface area contributed by atoms with Crippen molar-refractivity contribution >= 4 is 18.6 Å². The first kappa shape index (κ1) is 38.4. The number of allylic oxidation sites excluding steroid dienone is 4. The Hall–Kier alpha value is -2.75. The molecular formula is C40H47Cl2O2Ti-. The Kier molecular flexibility index (Phi) is 15.7. The van der Waals surface area contributed by atoms with Crippen molar-refractivity contribution in [3.05, 3.63) is 131 Å². The number of phenols is 2. The SMILES string of the molecule is CC(C)c1cccc(-c2ccccc2)c1O.CC(C)c1cccc(-c2ccccc2)c1O.CC1=[C-]C(C)(C)C(C)=C1C.[Cl][Ti][Cl]. The van der Waals surface area contributed by atoms with Crippen LogP contribution in [0.2, 0.25) is 0 Å². The van der Waals surface area contributed by atoms with Crippen LogP contribution in [0.25, 0.3) is 22.3 Å². The van der Waals surface area contributed by atoms with Crippen molar-refractivity contribution in [2.24, 2.45) is 5.41 Å². The van der Waals surface area contributed by atoms with E-state index in [1.165, 1.54) is 16.7 Å². The van der Waals surface area contributed by atoms with Crippen molar-refractivity contribution in [3.8, 4) is 33.8 Å². The Labute approximate surface area is 288 Å². The molecule has 0 spiro atoms. The molecule has 45 heavy (non-hydrogen) atoms. The van der Waals surface area contributed by atoms with E-state index in [-0.39, 0.29) is 5.41 Å². The standard InChI is InChI=1S/2C15H16O.C10H15.2ClH.Ti/c2*1-11(2)13-9-6-10-14(15(13)16)12-7-4-3-5-8-12;1-7-6-10(4,5)9(3)8(7)2;;;/h2*3-11,16H,1-2H3;1-5H3;2*1H;/q;;-1;;;+2/p-2. The summed E-state index contributed by atoms with van der Waals surface area (Å²) in [6, 6.07) is 31.8. The molecule has 0 unspecified atom stereocenters. The number of benzene rings is 4. The van der Waals surface area contributed by atoms with E-state index >= 15 is 0 Å². The number of rotatable bonds is 4. The van der Waals surface area contributed by atoms with Gasteiger partial charge in [0.2, 0.25) is 0 Å². The van der Waals surface area contributed by atoms with Gasteiger partial charge < -0.3 is 10.2 Å². The van der Waals surface area contributed by atoms with Gasteiger partial charge in [-0.15, -0.1) is 6.92 Å². The molecule has 0 amide bonds. The second-order valence-corrected chi connectivity index (χ2v) is 14.8. The van der Waals surface area contributed by atoms with Gasteiger partial charge in [0, 0.05) is 11.1 Å². The van der Waals surface area contributed by atoms with Gasteiger partial charge in [0.05, 0.1) is 0 Å². The molecule has 0 saturated carbocycles. The number of hydrogen-bond donors (Lipinski definition) is 2. The Bertz CT molecular complexity index is 1460. The van der Waals surface area contributed by atoms with E-state index in [0.717, 1.165) is 33.4 Å². The Balaban J connectivity index is 0.000000231. The van der Waals surface area contributed by atoms with Crippen LogP contribution < -0.4 is 0 Å². The molecule has 0 atom stereocenters. The molecule has 0 fully saturated rings. The molecule has 0 aromatic heterocycles. The predicted octanol–water partition coefficient (Wildman–Crippen LogP) is 12.9. The van der Waals surface area contributed by atoms with Gasteiger partial charge in [-0.2, -0.15) is 11.1 Å². The van der Waals surface area contributed by atoms with Gasteiger partial charge in [-0.25, -0.2) is 5.57 Å². The number of halogens is 2. The van der Waals surface area contributed by atoms with E-state index in [4.69, 9.17) is 18.6 Å². The molecule has 0 bridgehead atoms. The quantitative estimate of drug-likeness (QED) is 0.167. The van der Waals surface area contributed by atoms with Gasteiger partial charge >= 0.3 is 35.6 Å². The molecule has 238 valence electrons. The summed E-state index contributed by atoms with van der Waals surface area (Å²) in [5.41, 5.74) is 10.3. The summed E-state index contributed by atoms with van der Waals surface area (Å²) in [5.74, 6) is 1.49. The third-order valence-corrected chi connectivity index (χ3v) is 8.11. The first-order chi connectivity index (χ1) is 21.3. The van der Waals surface area contributed by atoms with Gasteiger partial charge in [0.25, 0.3) is 0 Å². The first-order valence-corrected chi connectivity index (χ1v) is 19.6. The zero-order valence-corrected chi connectivity index (χ0v) is 31.1. The fourth-order valence-electron chi connectivity index (χ4n) is 5.16. The predicted molar refractivity (Wildman–Crippen MR) is 192 cm³/mol. The second-order valence-electron chi connectivity index (χ2n) is 12.2. The number of aromatic hydroxyl groups is 2. The zero-order chi connectivity index (χ0) is 33.7. The van der Waals surface area contributed by atoms with E-state index in [2.05, 4.69) is 68.4 Å². The molecule has 4 aromatic rings. The van der Waals surface area contributed by atoms with Crippen LogP contribution in [-0.4, -0.2) is 10.2 Å². The van der Waals surface area contributed by atoms with Crippen LogP contribution in [0, 0.1) is 11.5 Å². The summed E-state index contributed by atoms with van der Waals surface area (Å²) in [6.45, 7) is 19.3. The summed E-state index contributed by atoms with van der Waals surface area (Å²) in [4.78, 5) is 0. The molecular weight excluding hydrogens is 631 g/mol. The number of para-hydroxylation sites is 2.